The summed E-state index contributed by atoms with van der Waals surface area (Å²) in [4.78, 5) is 4.04. The molecule has 0 bridgehead atoms. The number of rotatable bonds is 3. The number of fused-ring (bicyclic) bond motifs is 2. The number of benzene rings is 2. The van der Waals surface area contributed by atoms with E-state index in [2.05, 4.69) is 27.6 Å². The van der Waals surface area contributed by atoms with Crippen molar-refractivity contribution in [3.05, 3.63) is 71.9 Å². The van der Waals surface area contributed by atoms with Crippen molar-refractivity contribution in [2.75, 3.05) is 0 Å². The van der Waals surface area contributed by atoms with Crippen molar-refractivity contribution >= 4 is 0 Å². The molecule has 0 spiro atoms. The second kappa shape index (κ2) is 5.03. The molecule has 5 nitrogen and oxygen atoms in total. The Morgan fingerprint density at radius 1 is 0.952 bits per heavy atom. The largest absolute Gasteiger partial charge is 0.457 e. The lowest BCUT2D eigenvalue weighted by Gasteiger charge is -2.28. The summed E-state index contributed by atoms with van der Waals surface area (Å²) < 4.78 is 10.7. The molecule has 0 aliphatic carbocycles. The lowest BCUT2D eigenvalue weighted by molar-refractivity contribution is 0.400. The van der Waals surface area contributed by atoms with E-state index in [1.165, 1.54) is 6.39 Å². The molecule has 1 aliphatic rings. The standard InChI is InChI=1S/C16H13N3O2/c1-3-7-13-11(5-1)16(17-9-15-18-10-20-19-15)12-6-2-4-8-14(12)21-13/h1-8,10,16-17H,9H2. The zero-order chi connectivity index (χ0) is 14.1. The summed E-state index contributed by atoms with van der Waals surface area (Å²) in [7, 11) is 0. The van der Waals surface area contributed by atoms with E-state index >= 15 is 0 Å². The van der Waals surface area contributed by atoms with Gasteiger partial charge in [0, 0.05) is 11.1 Å². The van der Waals surface area contributed by atoms with Crippen LogP contribution in [0.3, 0.4) is 0 Å². The summed E-state index contributed by atoms with van der Waals surface area (Å²) in [6, 6.07) is 16.1. The van der Waals surface area contributed by atoms with Crippen LogP contribution in [-0.2, 0) is 6.54 Å². The highest BCUT2D eigenvalue weighted by atomic mass is 16.5. The van der Waals surface area contributed by atoms with Crippen molar-refractivity contribution in [1.29, 1.82) is 0 Å². The Kier molecular flexibility index (Phi) is 2.90. The number of para-hydroxylation sites is 2. The Balaban J connectivity index is 1.71. The third-order valence-electron chi connectivity index (χ3n) is 3.55. The van der Waals surface area contributed by atoms with Crippen LogP contribution in [0.2, 0.25) is 0 Å². The SMILES string of the molecule is c1ccc2c(c1)Oc1ccccc1C2NCc1ncon1. The highest BCUT2D eigenvalue weighted by molar-refractivity contribution is 5.52. The van der Waals surface area contributed by atoms with Crippen LogP contribution >= 0.6 is 0 Å². The third kappa shape index (κ3) is 2.17. The molecule has 0 atom stereocenters. The predicted molar refractivity (Wildman–Crippen MR) is 75.9 cm³/mol. The van der Waals surface area contributed by atoms with Gasteiger partial charge in [0.1, 0.15) is 11.5 Å². The van der Waals surface area contributed by atoms with Gasteiger partial charge in [-0.3, -0.25) is 5.32 Å². The molecule has 3 aromatic rings. The fourth-order valence-corrected chi connectivity index (χ4v) is 2.59. The van der Waals surface area contributed by atoms with Gasteiger partial charge >= 0.3 is 0 Å². The Morgan fingerprint density at radius 2 is 1.62 bits per heavy atom. The van der Waals surface area contributed by atoms with E-state index in [9.17, 15) is 0 Å². The van der Waals surface area contributed by atoms with Gasteiger partial charge in [0.2, 0.25) is 6.39 Å². The zero-order valence-corrected chi connectivity index (χ0v) is 11.2. The van der Waals surface area contributed by atoms with Crippen LogP contribution in [0.15, 0.2) is 59.4 Å². The highest BCUT2D eigenvalue weighted by Gasteiger charge is 2.26. The monoisotopic (exact) mass is 279 g/mol. The van der Waals surface area contributed by atoms with Gasteiger partial charge in [-0.05, 0) is 12.1 Å². The van der Waals surface area contributed by atoms with Gasteiger partial charge in [0.25, 0.3) is 0 Å². The summed E-state index contributed by atoms with van der Waals surface area (Å²) >= 11 is 0. The average molecular weight is 279 g/mol. The molecular weight excluding hydrogens is 266 g/mol. The van der Waals surface area contributed by atoms with Crippen molar-refractivity contribution in [3.63, 3.8) is 0 Å². The molecule has 0 fully saturated rings. The van der Waals surface area contributed by atoms with Crippen LogP contribution in [-0.4, -0.2) is 10.1 Å². The minimum atomic E-state index is 0.0460. The maximum atomic E-state index is 5.95. The van der Waals surface area contributed by atoms with Crippen LogP contribution in [0.5, 0.6) is 11.5 Å². The summed E-state index contributed by atoms with van der Waals surface area (Å²) in [5.41, 5.74) is 2.22. The summed E-state index contributed by atoms with van der Waals surface area (Å²) in [6.45, 7) is 0.532. The molecule has 4 rings (SSSR count). The Labute approximate surface area is 121 Å². The molecule has 2 heterocycles. The second-order valence-corrected chi connectivity index (χ2v) is 4.84. The molecule has 1 aromatic heterocycles. The van der Waals surface area contributed by atoms with E-state index < -0.39 is 0 Å². The van der Waals surface area contributed by atoms with Crippen LogP contribution in [0.1, 0.15) is 23.0 Å². The maximum Gasteiger partial charge on any atom is 0.213 e. The van der Waals surface area contributed by atoms with Gasteiger partial charge in [-0.25, -0.2) is 0 Å². The van der Waals surface area contributed by atoms with Gasteiger partial charge in [0.05, 0.1) is 12.6 Å². The molecule has 2 aromatic carbocycles. The number of aromatic nitrogens is 2. The van der Waals surface area contributed by atoms with Crippen LogP contribution < -0.4 is 10.1 Å². The quantitative estimate of drug-likeness (QED) is 0.798. The molecule has 0 saturated heterocycles. The van der Waals surface area contributed by atoms with Crippen LogP contribution in [0.25, 0.3) is 0 Å². The van der Waals surface area contributed by atoms with E-state index in [1.807, 2.05) is 36.4 Å². The average Bonchev–Trinajstić information content (AvgIpc) is 3.05. The van der Waals surface area contributed by atoms with Crippen molar-refractivity contribution in [3.8, 4) is 11.5 Å². The highest BCUT2D eigenvalue weighted by Crippen LogP contribution is 2.42. The molecule has 21 heavy (non-hydrogen) atoms. The van der Waals surface area contributed by atoms with Gasteiger partial charge in [0.15, 0.2) is 5.82 Å². The molecule has 1 aliphatic heterocycles. The second-order valence-electron chi connectivity index (χ2n) is 4.84. The van der Waals surface area contributed by atoms with Gasteiger partial charge in [-0.2, -0.15) is 4.98 Å². The molecule has 1 N–H and O–H groups in total. The van der Waals surface area contributed by atoms with Crippen molar-refractivity contribution in [1.82, 2.24) is 15.5 Å². The molecule has 0 radical (unpaired) electrons. The van der Waals surface area contributed by atoms with Crippen molar-refractivity contribution in [2.24, 2.45) is 0 Å². The van der Waals surface area contributed by atoms with E-state index in [0.717, 1.165) is 22.6 Å². The first kappa shape index (κ1) is 12.1. The Morgan fingerprint density at radius 3 is 2.24 bits per heavy atom. The van der Waals surface area contributed by atoms with Gasteiger partial charge in [-0.15, -0.1) is 0 Å². The molecular formula is C16H13N3O2. The minimum Gasteiger partial charge on any atom is -0.457 e. The predicted octanol–water partition coefficient (Wildman–Crippen LogP) is 3.05. The number of hydrogen-bond donors (Lipinski definition) is 1. The van der Waals surface area contributed by atoms with Crippen LogP contribution in [0.4, 0.5) is 0 Å². The summed E-state index contributed by atoms with van der Waals surface area (Å²) in [6.07, 6.45) is 1.34. The first-order valence-electron chi connectivity index (χ1n) is 6.76. The molecule has 5 heteroatoms. The maximum absolute atomic E-state index is 5.95. The van der Waals surface area contributed by atoms with E-state index in [4.69, 9.17) is 9.26 Å². The van der Waals surface area contributed by atoms with E-state index in [-0.39, 0.29) is 6.04 Å². The first-order valence-corrected chi connectivity index (χ1v) is 6.76. The lowest BCUT2D eigenvalue weighted by atomic mass is 9.94. The summed E-state index contributed by atoms with van der Waals surface area (Å²) in [5.74, 6) is 2.39. The Hall–Kier alpha value is -2.66. The fraction of sp³-hybridized carbons (Fsp3) is 0.125. The topological polar surface area (TPSA) is 60.2 Å². The number of hydrogen-bond acceptors (Lipinski definition) is 5. The van der Waals surface area contributed by atoms with Gasteiger partial charge in [-0.1, -0.05) is 41.6 Å². The number of nitrogens with one attached hydrogen (secondary N) is 1. The Bertz CT molecular complexity index is 710. The molecule has 104 valence electrons. The van der Waals surface area contributed by atoms with Crippen molar-refractivity contribution in [2.45, 2.75) is 12.6 Å². The molecule has 0 unspecified atom stereocenters. The zero-order valence-electron chi connectivity index (χ0n) is 11.2. The smallest absolute Gasteiger partial charge is 0.213 e. The number of nitrogens with zero attached hydrogens (tertiary/aromatic N) is 2. The first-order chi connectivity index (χ1) is 10.4. The van der Waals surface area contributed by atoms with Crippen LogP contribution in [0, 0.1) is 0 Å². The van der Waals surface area contributed by atoms with Crippen molar-refractivity contribution < 1.29 is 9.26 Å². The van der Waals surface area contributed by atoms with E-state index in [1.54, 1.807) is 0 Å². The molecule has 0 saturated carbocycles. The minimum absolute atomic E-state index is 0.0460. The van der Waals surface area contributed by atoms with Gasteiger partial charge < -0.3 is 9.26 Å². The van der Waals surface area contributed by atoms with E-state index in [0.29, 0.717) is 12.4 Å². The molecule has 0 amide bonds. The number of ether oxygens (including phenoxy) is 1. The lowest BCUT2D eigenvalue weighted by Crippen LogP contribution is -2.25. The normalized spacial score (nSPS) is 13.3. The fourth-order valence-electron chi connectivity index (χ4n) is 2.59. The third-order valence-corrected chi connectivity index (χ3v) is 3.55. The summed E-state index contributed by atoms with van der Waals surface area (Å²) in [5, 5.41) is 7.30.